The molecule has 1 amide bonds. The van der Waals surface area contributed by atoms with Crippen LogP contribution >= 0.6 is 11.6 Å². The van der Waals surface area contributed by atoms with Crippen molar-refractivity contribution in [3.8, 4) is 0 Å². The molecule has 5 unspecified atom stereocenters. The molecule has 0 spiro atoms. The molecule has 1 saturated heterocycles. The van der Waals surface area contributed by atoms with Gasteiger partial charge in [-0.2, -0.15) is 0 Å². The van der Waals surface area contributed by atoms with Crippen LogP contribution in [0, 0.1) is 17.8 Å². The van der Waals surface area contributed by atoms with Gasteiger partial charge in [0.05, 0.1) is 22.8 Å². The Morgan fingerprint density at radius 2 is 2.03 bits per heavy atom. The molecule has 6 atom stereocenters. The molecule has 8 heteroatoms. The summed E-state index contributed by atoms with van der Waals surface area (Å²) in [5, 5.41) is 14.8. The van der Waals surface area contributed by atoms with Crippen LogP contribution in [0.25, 0.3) is 11.0 Å². The van der Waals surface area contributed by atoms with Crippen LogP contribution in [0.2, 0.25) is 5.02 Å². The maximum absolute atomic E-state index is 12.9. The molecule has 5 fully saturated rings. The van der Waals surface area contributed by atoms with E-state index in [0.29, 0.717) is 41.7 Å². The van der Waals surface area contributed by atoms with E-state index in [1.807, 2.05) is 6.07 Å². The highest BCUT2D eigenvalue weighted by Crippen LogP contribution is 2.56. The van der Waals surface area contributed by atoms with E-state index in [2.05, 4.69) is 15.3 Å². The van der Waals surface area contributed by atoms with Gasteiger partial charge in [-0.05, 0) is 74.5 Å². The maximum Gasteiger partial charge on any atom is 0.410 e. The summed E-state index contributed by atoms with van der Waals surface area (Å²) in [7, 11) is 0. The number of aromatic nitrogens is 2. The highest BCUT2D eigenvalue weighted by molar-refractivity contribution is 6.31. The SMILES string of the molecule is O=C(OC1C2CC3C[C@@H]1CC(O)(C3)C2)N1CCC(Nc2cnc3cc(Cl)ccc3n2)C1. The van der Waals surface area contributed by atoms with Gasteiger partial charge in [-0.3, -0.25) is 4.98 Å². The predicted molar refractivity (Wildman–Crippen MR) is 117 cm³/mol. The molecule has 4 bridgehead atoms. The number of carbonyl (C=O) groups excluding carboxylic acids is 1. The lowest BCUT2D eigenvalue weighted by Crippen LogP contribution is -2.58. The third-order valence-corrected chi connectivity index (χ3v) is 7.93. The van der Waals surface area contributed by atoms with E-state index in [1.54, 1.807) is 23.2 Å². The average Bonchev–Trinajstić information content (AvgIpc) is 3.18. The monoisotopic (exact) mass is 442 g/mol. The van der Waals surface area contributed by atoms with Crippen molar-refractivity contribution in [2.75, 3.05) is 18.4 Å². The molecule has 31 heavy (non-hydrogen) atoms. The summed E-state index contributed by atoms with van der Waals surface area (Å²) < 4.78 is 6.03. The van der Waals surface area contributed by atoms with Gasteiger partial charge in [0.25, 0.3) is 0 Å². The quantitative estimate of drug-likeness (QED) is 0.750. The van der Waals surface area contributed by atoms with Crippen LogP contribution < -0.4 is 5.32 Å². The molecule has 0 radical (unpaired) electrons. The number of hydrogen-bond acceptors (Lipinski definition) is 6. The Bertz CT molecular complexity index is 1020. The summed E-state index contributed by atoms with van der Waals surface area (Å²) in [5.74, 6) is 1.94. The summed E-state index contributed by atoms with van der Waals surface area (Å²) in [6, 6.07) is 5.57. The van der Waals surface area contributed by atoms with Crippen molar-refractivity contribution < 1.29 is 14.6 Å². The van der Waals surface area contributed by atoms with E-state index in [9.17, 15) is 9.90 Å². The Balaban J connectivity index is 1.07. The normalized spacial score (nSPS) is 36.2. The number of carbonyl (C=O) groups is 1. The van der Waals surface area contributed by atoms with Crippen LogP contribution in [0.3, 0.4) is 0 Å². The van der Waals surface area contributed by atoms with Crippen molar-refractivity contribution in [1.82, 2.24) is 14.9 Å². The second-order valence-electron chi connectivity index (χ2n) is 10.0. The molecule has 5 aliphatic rings. The third kappa shape index (κ3) is 3.61. The first-order valence-corrected chi connectivity index (χ1v) is 11.7. The van der Waals surface area contributed by atoms with Crippen LogP contribution in [0.4, 0.5) is 10.6 Å². The maximum atomic E-state index is 12.9. The number of aliphatic hydroxyl groups is 1. The molecule has 7 nitrogen and oxygen atoms in total. The Morgan fingerprint density at radius 1 is 1.23 bits per heavy atom. The molecule has 2 aromatic rings. The molecule has 2 heterocycles. The lowest BCUT2D eigenvalue weighted by molar-refractivity contribution is -0.177. The highest BCUT2D eigenvalue weighted by atomic mass is 35.5. The Hall–Kier alpha value is -2.12. The lowest BCUT2D eigenvalue weighted by Gasteiger charge is -2.57. The summed E-state index contributed by atoms with van der Waals surface area (Å²) in [6.07, 6.45) is 6.99. The number of hydrogen-bond donors (Lipinski definition) is 2. The van der Waals surface area contributed by atoms with Crippen molar-refractivity contribution in [1.29, 1.82) is 0 Å². The fourth-order valence-corrected chi connectivity index (χ4v) is 6.79. The molecule has 1 aliphatic heterocycles. The molecule has 4 saturated carbocycles. The van der Waals surface area contributed by atoms with Crippen molar-refractivity contribution in [3.63, 3.8) is 0 Å². The molecule has 1 aromatic carbocycles. The molecule has 1 aromatic heterocycles. The first-order valence-electron chi connectivity index (χ1n) is 11.3. The number of rotatable bonds is 3. The Labute approximate surface area is 186 Å². The zero-order chi connectivity index (χ0) is 21.2. The Morgan fingerprint density at radius 3 is 2.81 bits per heavy atom. The zero-order valence-corrected chi connectivity index (χ0v) is 18.1. The lowest BCUT2D eigenvalue weighted by atomic mass is 9.53. The standard InChI is InChI=1S/C23H27ClN4O3/c24-16-1-2-18-19(7-16)25-11-20(27-18)26-17-3-4-28(12-17)22(29)31-21-14-5-13-6-15(21)10-23(30,8-13)9-14/h1-2,7,11,13-15,17,21,30H,3-6,8-10,12H2,(H,26,27)/t13?,14-,15?,17?,21?,23?/m1/s1. The first-order chi connectivity index (χ1) is 14.9. The van der Waals surface area contributed by atoms with E-state index in [4.69, 9.17) is 16.3 Å². The molecule has 7 rings (SSSR count). The van der Waals surface area contributed by atoms with Gasteiger partial charge in [-0.1, -0.05) is 11.6 Å². The summed E-state index contributed by atoms with van der Waals surface area (Å²) in [6.45, 7) is 1.26. The number of nitrogens with one attached hydrogen (secondary N) is 1. The summed E-state index contributed by atoms with van der Waals surface area (Å²) in [4.78, 5) is 23.7. The molecule has 4 aliphatic carbocycles. The predicted octanol–water partition coefficient (Wildman–Crippen LogP) is 3.85. The second kappa shape index (κ2) is 7.20. The second-order valence-corrected chi connectivity index (χ2v) is 10.4. The van der Waals surface area contributed by atoms with E-state index in [1.165, 1.54) is 0 Å². The van der Waals surface area contributed by atoms with Crippen molar-refractivity contribution in [2.45, 2.75) is 56.3 Å². The third-order valence-electron chi connectivity index (χ3n) is 7.69. The summed E-state index contributed by atoms with van der Waals surface area (Å²) in [5.41, 5.74) is 1.04. The topological polar surface area (TPSA) is 87.6 Å². The van der Waals surface area contributed by atoms with Gasteiger partial charge < -0.3 is 20.1 Å². The minimum Gasteiger partial charge on any atom is -0.446 e. The van der Waals surface area contributed by atoms with Crippen LogP contribution in [0.15, 0.2) is 24.4 Å². The van der Waals surface area contributed by atoms with E-state index in [0.717, 1.165) is 49.6 Å². The molecular formula is C23H27ClN4O3. The van der Waals surface area contributed by atoms with Gasteiger partial charge in [0.15, 0.2) is 0 Å². The van der Waals surface area contributed by atoms with Crippen molar-refractivity contribution >= 4 is 34.5 Å². The van der Waals surface area contributed by atoms with Crippen LogP contribution in [-0.2, 0) is 4.74 Å². The zero-order valence-electron chi connectivity index (χ0n) is 17.3. The number of ether oxygens (including phenoxy) is 1. The van der Waals surface area contributed by atoms with E-state index >= 15 is 0 Å². The average molecular weight is 443 g/mol. The minimum atomic E-state index is -0.506. The van der Waals surface area contributed by atoms with E-state index < -0.39 is 5.60 Å². The number of benzene rings is 1. The van der Waals surface area contributed by atoms with Crippen LogP contribution in [-0.4, -0.2) is 56.9 Å². The fourth-order valence-electron chi connectivity index (χ4n) is 6.62. The van der Waals surface area contributed by atoms with Crippen molar-refractivity contribution in [2.24, 2.45) is 17.8 Å². The number of likely N-dealkylation sites (tertiary alicyclic amines) is 1. The van der Waals surface area contributed by atoms with Gasteiger partial charge >= 0.3 is 6.09 Å². The number of nitrogens with zero attached hydrogens (tertiary/aromatic N) is 3. The number of halogens is 1. The molecule has 2 N–H and O–H groups in total. The number of fused-ring (bicyclic) bond motifs is 1. The van der Waals surface area contributed by atoms with Crippen molar-refractivity contribution in [3.05, 3.63) is 29.4 Å². The van der Waals surface area contributed by atoms with E-state index in [-0.39, 0.29) is 18.2 Å². The van der Waals surface area contributed by atoms with Gasteiger partial charge in [0.1, 0.15) is 11.9 Å². The molecular weight excluding hydrogens is 416 g/mol. The first kappa shape index (κ1) is 19.6. The number of anilines is 1. The smallest absolute Gasteiger partial charge is 0.410 e. The summed E-state index contributed by atoms with van der Waals surface area (Å²) >= 11 is 6.01. The minimum absolute atomic E-state index is 0.0329. The fraction of sp³-hybridized carbons (Fsp3) is 0.609. The largest absolute Gasteiger partial charge is 0.446 e. The Kier molecular flexibility index (Phi) is 4.54. The number of amides is 1. The highest BCUT2D eigenvalue weighted by Gasteiger charge is 2.56. The molecule has 164 valence electrons. The van der Waals surface area contributed by atoms with Gasteiger partial charge in [0, 0.05) is 24.2 Å². The van der Waals surface area contributed by atoms with Crippen LogP contribution in [0.1, 0.15) is 38.5 Å². The van der Waals surface area contributed by atoms with Crippen LogP contribution in [0.5, 0.6) is 0 Å². The van der Waals surface area contributed by atoms with Gasteiger partial charge in [-0.25, -0.2) is 9.78 Å². The van der Waals surface area contributed by atoms with Gasteiger partial charge in [0.2, 0.25) is 0 Å². The van der Waals surface area contributed by atoms with Gasteiger partial charge in [-0.15, -0.1) is 0 Å².